The van der Waals surface area contributed by atoms with Crippen molar-refractivity contribution >= 4 is 17.3 Å². The molecule has 0 bridgehead atoms. The number of carboxylic acids is 1. The van der Waals surface area contributed by atoms with Crippen LogP contribution in [0.1, 0.15) is 15.4 Å². The van der Waals surface area contributed by atoms with Gasteiger partial charge in [0.1, 0.15) is 5.01 Å². The van der Waals surface area contributed by atoms with Crippen LogP contribution in [0, 0.1) is 6.92 Å². The topological polar surface area (TPSA) is 50.2 Å². The molecule has 3 aromatic rings. The molecule has 104 valence electrons. The maximum absolute atomic E-state index is 11.0. The quantitative estimate of drug-likeness (QED) is 0.775. The number of hydrogen-bond acceptors (Lipinski definition) is 3. The van der Waals surface area contributed by atoms with Gasteiger partial charge in [-0.1, -0.05) is 54.6 Å². The second kappa shape index (κ2) is 5.50. The van der Waals surface area contributed by atoms with E-state index in [-0.39, 0.29) is 5.69 Å². The summed E-state index contributed by atoms with van der Waals surface area (Å²) < 4.78 is 0. The average Bonchev–Trinajstić information content (AvgIpc) is 2.90. The molecule has 2 aromatic carbocycles. The van der Waals surface area contributed by atoms with Crippen molar-refractivity contribution in [2.75, 3.05) is 0 Å². The Kier molecular flexibility index (Phi) is 3.54. The van der Waals surface area contributed by atoms with Gasteiger partial charge in [0.15, 0.2) is 5.69 Å². The lowest BCUT2D eigenvalue weighted by Gasteiger charge is -2.02. The summed E-state index contributed by atoms with van der Waals surface area (Å²) in [5.74, 6) is -0.976. The van der Waals surface area contributed by atoms with Crippen LogP contribution in [0.15, 0.2) is 54.6 Å². The summed E-state index contributed by atoms with van der Waals surface area (Å²) in [5.41, 5.74) is 3.37. The van der Waals surface area contributed by atoms with Crippen molar-refractivity contribution in [3.05, 3.63) is 65.2 Å². The minimum absolute atomic E-state index is 0.141. The summed E-state index contributed by atoms with van der Waals surface area (Å²) in [6, 6.07) is 18.1. The molecule has 0 aliphatic carbocycles. The molecule has 0 amide bonds. The van der Waals surface area contributed by atoms with Crippen molar-refractivity contribution in [3.8, 4) is 21.7 Å². The fraction of sp³-hybridized carbons (Fsp3) is 0.0588. The maximum Gasteiger partial charge on any atom is 0.355 e. The molecule has 0 radical (unpaired) electrons. The fourth-order valence-corrected chi connectivity index (χ4v) is 3.06. The lowest BCUT2D eigenvalue weighted by molar-refractivity contribution is 0.0690. The second-order valence-electron chi connectivity index (χ2n) is 4.67. The van der Waals surface area contributed by atoms with Crippen LogP contribution in [0.3, 0.4) is 0 Å². The first-order valence-electron chi connectivity index (χ1n) is 6.52. The van der Waals surface area contributed by atoms with Crippen LogP contribution in [-0.4, -0.2) is 16.1 Å². The molecule has 1 N–H and O–H groups in total. The molecular formula is C17H13NO2S. The highest BCUT2D eigenvalue weighted by Gasteiger charge is 2.14. The van der Waals surface area contributed by atoms with Gasteiger partial charge in [0.2, 0.25) is 0 Å². The smallest absolute Gasteiger partial charge is 0.355 e. The van der Waals surface area contributed by atoms with E-state index in [0.717, 1.165) is 26.6 Å². The van der Waals surface area contributed by atoms with Crippen LogP contribution >= 0.6 is 11.3 Å². The van der Waals surface area contributed by atoms with Gasteiger partial charge in [0.25, 0.3) is 0 Å². The molecule has 0 saturated carbocycles. The third-order valence-corrected chi connectivity index (χ3v) is 4.26. The van der Waals surface area contributed by atoms with E-state index < -0.39 is 5.97 Å². The minimum Gasteiger partial charge on any atom is -0.476 e. The van der Waals surface area contributed by atoms with Gasteiger partial charge in [-0.2, -0.15) is 0 Å². The molecule has 0 saturated heterocycles. The Hall–Kier alpha value is -2.46. The summed E-state index contributed by atoms with van der Waals surface area (Å²) in [6.45, 7) is 1.78. The van der Waals surface area contributed by atoms with E-state index in [2.05, 4.69) is 17.1 Å². The van der Waals surface area contributed by atoms with Crippen molar-refractivity contribution in [1.82, 2.24) is 4.98 Å². The summed E-state index contributed by atoms with van der Waals surface area (Å²) >= 11 is 1.41. The molecule has 0 unspecified atom stereocenters. The number of carbonyl (C=O) groups is 1. The van der Waals surface area contributed by atoms with E-state index in [1.54, 1.807) is 6.92 Å². The van der Waals surface area contributed by atoms with Gasteiger partial charge in [0, 0.05) is 10.4 Å². The van der Waals surface area contributed by atoms with Crippen molar-refractivity contribution in [2.24, 2.45) is 0 Å². The summed E-state index contributed by atoms with van der Waals surface area (Å²) in [4.78, 5) is 16.0. The number of aromatic carboxylic acids is 1. The third kappa shape index (κ3) is 2.71. The lowest BCUT2D eigenvalue weighted by atomic mass is 10.0. The standard InChI is InChI=1S/C17H13NO2S/c1-11-15(17(19)20)18-16(21-11)14-9-7-13(8-10-14)12-5-3-2-4-6-12/h2-10H,1H3,(H,19,20). The zero-order valence-electron chi connectivity index (χ0n) is 11.4. The van der Waals surface area contributed by atoms with Crippen LogP contribution in [0.5, 0.6) is 0 Å². The highest BCUT2D eigenvalue weighted by molar-refractivity contribution is 7.15. The number of benzene rings is 2. The Labute approximate surface area is 126 Å². The molecule has 0 aliphatic rings. The molecule has 3 rings (SSSR count). The van der Waals surface area contributed by atoms with Crippen LogP contribution in [0.4, 0.5) is 0 Å². The van der Waals surface area contributed by atoms with E-state index in [1.807, 2.05) is 42.5 Å². The predicted octanol–water partition coefficient (Wildman–Crippen LogP) is 4.48. The number of aryl methyl sites for hydroxylation is 1. The summed E-state index contributed by atoms with van der Waals surface area (Å²) in [5, 5.41) is 9.80. The number of rotatable bonds is 3. The molecule has 0 fully saturated rings. The first kappa shape index (κ1) is 13.5. The Morgan fingerprint density at radius 3 is 2.10 bits per heavy atom. The van der Waals surface area contributed by atoms with E-state index in [0.29, 0.717) is 0 Å². The van der Waals surface area contributed by atoms with Gasteiger partial charge in [-0.3, -0.25) is 0 Å². The third-order valence-electron chi connectivity index (χ3n) is 3.24. The minimum atomic E-state index is -0.976. The van der Waals surface area contributed by atoms with E-state index in [1.165, 1.54) is 11.3 Å². The zero-order chi connectivity index (χ0) is 14.8. The van der Waals surface area contributed by atoms with Crippen LogP contribution in [0.25, 0.3) is 21.7 Å². The van der Waals surface area contributed by atoms with E-state index in [9.17, 15) is 4.79 Å². The first-order valence-corrected chi connectivity index (χ1v) is 7.33. The van der Waals surface area contributed by atoms with E-state index >= 15 is 0 Å². The summed E-state index contributed by atoms with van der Waals surface area (Å²) in [7, 11) is 0. The molecule has 1 heterocycles. The molecule has 21 heavy (non-hydrogen) atoms. The summed E-state index contributed by atoms with van der Waals surface area (Å²) in [6.07, 6.45) is 0. The number of hydrogen-bond donors (Lipinski definition) is 1. The van der Waals surface area contributed by atoms with Crippen LogP contribution in [0.2, 0.25) is 0 Å². The largest absolute Gasteiger partial charge is 0.476 e. The predicted molar refractivity (Wildman–Crippen MR) is 84.7 cm³/mol. The maximum atomic E-state index is 11.0. The van der Waals surface area contributed by atoms with Gasteiger partial charge in [-0.25, -0.2) is 9.78 Å². The monoisotopic (exact) mass is 295 g/mol. The normalized spacial score (nSPS) is 10.5. The second-order valence-corrected chi connectivity index (χ2v) is 5.88. The Morgan fingerprint density at radius 1 is 0.952 bits per heavy atom. The number of thiazole rings is 1. The van der Waals surface area contributed by atoms with Crippen LogP contribution in [-0.2, 0) is 0 Å². The van der Waals surface area contributed by atoms with Crippen molar-refractivity contribution in [3.63, 3.8) is 0 Å². The SMILES string of the molecule is Cc1sc(-c2ccc(-c3ccccc3)cc2)nc1C(=O)O. The fourth-order valence-electron chi connectivity index (χ4n) is 2.15. The molecule has 0 aliphatic heterocycles. The van der Waals surface area contributed by atoms with E-state index in [4.69, 9.17) is 5.11 Å². The van der Waals surface area contributed by atoms with Gasteiger partial charge in [-0.05, 0) is 18.1 Å². The van der Waals surface area contributed by atoms with Gasteiger partial charge < -0.3 is 5.11 Å². The van der Waals surface area contributed by atoms with Crippen LogP contribution < -0.4 is 0 Å². The van der Waals surface area contributed by atoms with Gasteiger partial charge in [0.05, 0.1) is 0 Å². The average molecular weight is 295 g/mol. The molecule has 1 aromatic heterocycles. The highest BCUT2D eigenvalue weighted by Crippen LogP contribution is 2.29. The molecule has 0 atom stereocenters. The zero-order valence-corrected chi connectivity index (χ0v) is 12.2. The van der Waals surface area contributed by atoms with Crippen molar-refractivity contribution < 1.29 is 9.90 Å². The van der Waals surface area contributed by atoms with Gasteiger partial charge in [-0.15, -0.1) is 11.3 Å². The first-order chi connectivity index (χ1) is 10.1. The van der Waals surface area contributed by atoms with Gasteiger partial charge >= 0.3 is 5.97 Å². The number of carboxylic acid groups (broad SMARTS) is 1. The molecule has 4 heteroatoms. The Bertz CT molecular complexity index is 776. The Balaban J connectivity index is 1.94. The Morgan fingerprint density at radius 2 is 1.52 bits per heavy atom. The molecular weight excluding hydrogens is 282 g/mol. The molecule has 0 spiro atoms. The highest BCUT2D eigenvalue weighted by atomic mass is 32.1. The number of aromatic nitrogens is 1. The number of nitrogens with zero attached hydrogens (tertiary/aromatic N) is 1. The van der Waals surface area contributed by atoms with Crippen molar-refractivity contribution in [1.29, 1.82) is 0 Å². The lowest BCUT2D eigenvalue weighted by Crippen LogP contribution is -1.98. The molecule has 3 nitrogen and oxygen atoms in total. The van der Waals surface area contributed by atoms with Crippen molar-refractivity contribution in [2.45, 2.75) is 6.92 Å².